The molecule has 0 aromatic carbocycles. The van der Waals surface area contributed by atoms with Crippen LogP contribution in [0.5, 0.6) is 0 Å². The Hall–Kier alpha value is -0.870. The Balaban J connectivity index is 2.27. The molecule has 2 rings (SSSR count). The van der Waals surface area contributed by atoms with Crippen molar-refractivity contribution in [3.05, 3.63) is 17.4 Å². The third-order valence-corrected chi connectivity index (χ3v) is 2.86. The number of morpholine rings is 1. The maximum absolute atomic E-state index is 6.03. The van der Waals surface area contributed by atoms with Crippen molar-refractivity contribution in [3.63, 3.8) is 0 Å². The lowest BCUT2D eigenvalue weighted by Crippen LogP contribution is -2.57. The zero-order valence-corrected chi connectivity index (χ0v) is 11.5. The van der Waals surface area contributed by atoms with E-state index < -0.39 is 0 Å². The van der Waals surface area contributed by atoms with Crippen molar-refractivity contribution in [1.29, 1.82) is 0 Å². The lowest BCUT2D eigenvalue weighted by molar-refractivity contribution is -0.133. The van der Waals surface area contributed by atoms with Crippen LogP contribution in [0.25, 0.3) is 0 Å². The average molecular weight is 256 g/mol. The SMILES string of the molecule is CC1(C)CN(c2cnnc(Cl)c2)CC(C)(C)O1. The van der Waals surface area contributed by atoms with Crippen LogP contribution in [-0.4, -0.2) is 34.5 Å². The van der Waals surface area contributed by atoms with Crippen LogP contribution in [0, 0.1) is 0 Å². The first-order valence-corrected chi connectivity index (χ1v) is 6.09. The predicted molar refractivity (Wildman–Crippen MR) is 68.5 cm³/mol. The highest BCUT2D eigenvalue weighted by Crippen LogP contribution is 2.31. The molecule has 94 valence electrons. The van der Waals surface area contributed by atoms with E-state index in [1.807, 2.05) is 6.07 Å². The monoisotopic (exact) mass is 255 g/mol. The van der Waals surface area contributed by atoms with Gasteiger partial charge in [-0.15, -0.1) is 5.10 Å². The molecule has 4 nitrogen and oxygen atoms in total. The van der Waals surface area contributed by atoms with Gasteiger partial charge in [-0.05, 0) is 27.7 Å². The quantitative estimate of drug-likeness (QED) is 0.773. The zero-order valence-electron chi connectivity index (χ0n) is 10.7. The summed E-state index contributed by atoms with van der Waals surface area (Å²) in [4.78, 5) is 2.24. The topological polar surface area (TPSA) is 38.2 Å². The molecular formula is C12H18ClN3O. The molecule has 0 aliphatic carbocycles. The van der Waals surface area contributed by atoms with Gasteiger partial charge in [0.25, 0.3) is 0 Å². The third-order valence-electron chi connectivity index (χ3n) is 2.67. The number of rotatable bonds is 1. The van der Waals surface area contributed by atoms with E-state index in [1.54, 1.807) is 6.20 Å². The lowest BCUT2D eigenvalue weighted by atomic mass is 9.98. The summed E-state index contributed by atoms with van der Waals surface area (Å²) in [6.07, 6.45) is 1.74. The van der Waals surface area contributed by atoms with Crippen LogP contribution in [0.3, 0.4) is 0 Å². The Labute approximate surface area is 107 Å². The van der Waals surface area contributed by atoms with Gasteiger partial charge in [-0.25, -0.2) is 0 Å². The fourth-order valence-electron chi connectivity index (χ4n) is 2.47. The van der Waals surface area contributed by atoms with Crippen LogP contribution in [0.15, 0.2) is 12.3 Å². The maximum Gasteiger partial charge on any atom is 0.153 e. The molecule has 0 radical (unpaired) electrons. The van der Waals surface area contributed by atoms with Crippen LogP contribution in [0.4, 0.5) is 5.69 Å². The molecule has 1 aromatic heterocycles. The van der Waals surface area contributed by atoms with E-state index in [2.05, 4.69) is 42.8 Å². The molecule has 0 N–H and O–H groups in total. The van der Waals surface area contributed by atoms with Gasteiger partial charge in [0, 0.05) is 19.2 Å². The van der Waals surface area contributed by atoms with Crippen LogP contribution >= 0.6 is 11.6 Å². The van der Waals surface area contributed by atoms with E-state index in [4.69, 9.17) is 16.3 Å². The van der Waals surface area contributed by atoms with Crippen molar-refractivity contribution in [2.24, 2.45) is 0 Å². The lowest BCUT2D eigenvalue weighted by Gasteiger charge is -2.47. The summed E-state index contributed by atoms with van der Waals surface area (Å²) >= 11 is 5.87. The van der Waals surface area contributed by atoms with Gasteiger partial charge < -0.3 is 9.64 Å². The molecule has 17 heavy (non-hydrogen) atoms. The molecule has 1 aromatic rings. The second-order valence-electron chi connectivity index (χ2n) is 5.71. The Morgan fingerprint density at radius 3 is 2.35 bits per heavy atom. The van der Waals surface area contributed by atoms with Crippen molar-refractivity contribution in [2.45, 2.75) is 38.9 Å². The molecule has 1 aliphatic heterocycles. The number of aromatic nitrogens is 2. The van der Waals surface area contributed by atoms with Crippen LogP contribution in [-0.2, 0) is 4.74 Å². The van der Waals surface area contributed by atoms with Crippen molar-refractivity contribution in [3.8, 4) is 0 Å². The van der Waals surface area contributed by atoms with E-state index in [0.717, 1.165) is 18.8 Å². The number of ether oxygens (including phenoxy) is 1. The van der Waals surface area contributed by atoms with E-state index in [0.29, 0.717) is 5.15 Å². The van der Waals surface area contributed by atoms with Gasteiger partial charge in [-0.2, -0.15) is 5.10 Å². The predicted octanol–water partition coefficient (Wildman–Crippen LogP) is 2.52. The average Bonchev–Trinajstić information content (AvgIpc) is 2.12. The molecule has 2 heterocycles. The summed E-state index contributed by atoms with van der Waals surface area (Å²) in [5.41, 5.74) is 0.629. The summed E-state index contributed by atoms with van der Waals surface area (Å²) in [7, 11) is 0. The molecule has 0 bridgehead atoms. The summed E-state index contributed by atoms with van der Waals surface area (Å²) in [6.45, 7) is 10.0. The van der Waals surface area contributed by atoms with Crippen LogP contribution in [0.1, 0.15) is 27.7 Å². The molecular weight excluding hydrogens is 238 g/mol. The molecule has 0 spiro atoms. The first-order valence-electron chi connectivity index (χ1n) is 5.71. The van der Waals surface area contributed by atoms with E-state index in [-0.39, 0.29) is 11.2 Å². The minimum atomic E-state index is -0.183. The van der Waals surface area contributed by atoms with Gasteiger partial charge in [0.2, 0.25) is 0 Å². The molecule has 1 aliphatic rings. The molecule has 1 saturated heterocycles. The fourth-order valence-corrected chi connectivity index (χ4v) is 2.63. The largest absolute Gasteiger partial charge is 0.366 e. The number of nitrogens with zero attached hydrogens (tertiary/aromatic N) is 3. The van der Waals surface area contributed by atoms with Crippen molar-refractivity contribution in [2.75, 3.05) is 18.0 Å². The molecule has 1 fully saturated rings. The van der Waals surface area contributed by atoms with E-state index >= 15 is 0 Å². The van der Waals surface area contributed by atoms with Gasteiger partial charge in [-0.3, -0.25) is 0 Å². The smallest absolute Gasteiger partial charge is 0.153 e. The Kier molecular flexibility index (Phi) is 3.04. The normalized spacial score (nSPS) is 22.5. The van der Waals surface area contributed by atoms with Crippen molar-refractivity contribution < 1.29 is 4.74 Å². The van der Waals surface area contributed by atoms with Gasteiger partial charge in [0.15, 0.2) is 5.15 Å². The Morgan fingerprint density at radius 2 is 1.82 bits per heavy atom. The highest BCUT2D eigenvalue weighted by atomic mass is 35.5. The highest BCUT2D eigenvalue weighted by molar-refractivity contribution is 6.29. The minimum Gasteiger partial charge on any atom is -0.366 e. The van der Waals surface area contributed by atoms with Crippen molar-refractivity contribution >= 4 is 17.3 Å². The fraction of sp³-hybridized carbons (Fsp3) is 0.667. The first-order chi connectivity index (χ1) is 7.77. The molecule has 0 atom stereocenters. The number of anilines is 1. The highest BCUT2D eigenvalue weighted by Gasteiger charge is 2.38. The number of hydrogen-bond donors (Lipinski definition) is 0. The summed E-state index contributed by atoms with van der Waals surface area (Å²) in [6, 6.07) is 1.84. The Bertz CT molecular complexity index is 404. The van der Waals surface area contributed by atoms with Gasteiger partial charge in [0.1, 0.15) is 0 Å². The molecule has 0 amide bonds. The van der Waals surface area contributed by atoms with Crippen molar-refractivity contribution in [1.82, 2.24) is 10.2 Å². The van der Waals surface area contributed by atoms with Crippen LogP contribution < -0.4 is 4.90 Å². The second kappa shape index (κ2) is 4.10. The first kappa shape index (κ1) is 12.6. The number of hydrogen-bond acceptors (Lipinski definition) is 4. The number of halogens is 1. The standard InChI is InChI=1S/C12H18ClN3O/c1-11(2)7-16(8-12(3,4)17-11)9-5-10(13)15-14-6-9/h5-6H,7-8H2,1-4H3. The summed E-state index contributed by atoms with van der Waals surface area (Å²) < 4.78 is 6.03. The van der Waals surface area contributed by atoms with Crippen LogP contribution in [0.2, 0.25) is 5.15 Å². The maximum atomic E-state index is 6.03. The van der Waals surface area contributed by atoms with Gasteiger partial charge in [-0.1, -0.05) is 11.6 Å². The van der Waals surface area contributed by atoms with Gasteiger partial charge in [0.05, 0.1) is 23.1 Å². The molecule has 0 saturated carbocycles. The van der Waals surface area contributed by atoms with Gasteiger partial charge >= 0.3 is 0 Å². The minimum absolute atomic E-state index is 0.183. The van der Waals surface area contributed by atoms with E-state index in [9.17, 15) is 0 Å². The molecule has 0 unspecified atom stereocenters. The second-order valence-corrected chi connectivity index (χ2v) is 6.10. The summed E-state index contributed by atoms with van der Waals surface area (Å²) in [5, 5.41) is 8.08. The third kappa shape index (κ3) is 3.07. The Morgan fingerprint density at radius 1 is 1.24 bits per heavy atom. The van der Waals surface area contributed by atoms with E-state index in [1.165, 1.54) is 0 Å². The summed E-state index contributed by atoms with van der Waals surface area (Å²) in [5.74, 6) is 0. The molecule has 5 heteroatoms. The zero-order chi connectivity index (χ0) is 12.7.